The molecule has 0 aromatic heterocycles. The second-order valence-electron chi connectivity index (χ2n) is 4.51. The van der Waals surface area contributed by atoms with Crippen molar-refractivity contribution in [1.29, 1.82) is 0 Å². The van der Waals surface area contributed by atoms with Gasteiger partial charge in [0.15, 0.2) is 0 Å². The summed E-state index contributed by atoms with van der Waals surface area (Å²) in [6.07, 6.45) is 0.895. The molecular weight excluding hydrogens is 207 g/mol. The van der Waals surface area contributed by atoms with E-state index in [0.29, 0.717) is 12.3 Å². The van der Waals surface area contributed by atoms with Crippen LogP contribution in [0.5, 0.6) is 0 Å². The van der Waals surface area contributed by atoms with Crippen LogP contribution in [-0.2, 0) is 4.74 Å². The molecule has 86 valence electrons. The minimum absolute atomic E-state index is 0.128. The largest absolute Gasteiger partial charge is 0.381 e. The number of hydrogen-bond acceptors (Lipinski definition) is 3. The smallest absolute Gasteiger partial charge is 0.146 e. The average Bonchev–Trinajstić information content (AvgIpc) is 2.31. The van der Waals surface area contributed by atoms with E-state index in [4.69, 9.17) is 10.5 Å². The zero-order valence-corrected chi connectivity index (χ0v) is 8.95. The third kappa shape index (κ3) is 1.41. The number of anilines is 1. The first-order valence-corrected chi connectivity index (χ1v) is 5.65. The van der Waals surface area contributed by atoms with Crippen molar-refractivity contribution in [3.63, 3.8) is 0 Å². The van der Waals surface area contributed by atoms with Crippen LogP contribution in [0.2, 0.25) is 0 Å². The normalized spacial score (nSPS) is 32.5. The van der Waals surface area contributed by atoms with Crippen molar-refractivity contribution < 1.29 is 9.13 Å². The SMILES string of the molecule is NC1c2cccc(F)c2NC2CCOCC21. The van der Waals surface area contributed by atoms with Crippen LogP contribution in [0.3, 0.4) is 0 Å². The number of nitrogens with one attached hydrogen (secondary N) is 1. The zero-order valence-electron chi connectivity index (χ0n) is 8.95. The van der Waals surface area contributed by atoms with Gasteiger partial charge in [-0.2, -0.15) is 0 Å². The Morgan fingerprint density at radius 2 is 2.31 bits per heavy atom. The minimum Gasteiger partial charge on any atom is -0.381 e. The molecule has 0 spiro atoms. The fourth-order valence-electron chi connectivity index (χ4n) is 2.68. The van der Waals surface area contributed by atoms with Crippen molar-refractivity contribution in [1.82, 2.24) is 0 Å². The van der Waals surface area contributed by atoms with Crippen molar-refractivity contribution in [2.24, 2.45) is 11.7 Å². The molecule has 3 rings (SSSR count). The van der Waals surface area contributed by atoms with E-state index in [1.54, 1.807) is 6.07 Å². The molecule has 0 bridgehead atoms. The Labute approximate surface area is 93.8 Å². The highest BCUT2D eigenvalue weighted by molar-refractivity contribution is 5.57. The molecule has 1 aromatic carbocycles. The number of fused-ring (bicyclic) bond motifs is 2. The standard InChI is InChI=1S/C12H15FN2O/c13-9-3-1-2-7-11(14)8-6-16-5-4-10(8)15-12(7)9/h1-3,8,10-11,15H,4-6,14H2. The third-order valence-corrected chi connectivity index (χ3v) is 3.60. The molecule has 3 nitrogen and oxygen atoms in total. The van der Waals surface area contributed by atoms with Gasteiger partial charge in [0, 0.05) is 24.6 Å². The molecule has 0 amide bonds. The summed E-state index contributed by atoms with van der Waals surface area (Å²) in [6, 6.07) is 5.18. The maximum atomic E-state index is 13.7. The lowest BCUT2D eigenvalue weighted by atomic mass is 9.81. The molecule has 2 aliphatic rings. The first kappa shape index (κ1) is 10.1. The molecule has 3 unspecified atom stereocenters. The highest BCUT2D eigenvalue weighted by atomic mass is 19.1. The van der Waals surface area contributed by atoms with E-state index in [9.17, 15) is 4.39 Å². The van der Waals surface area contributed by atoms with Crippen LogP contribution in [0.15, 0.2) is 18.2 Å². The second-order valence-corrected chi connectivity index (χ2v) is 4.51. The highest BCUT2D eigenvalue weighted by Crippen LogP contribution is 2.39. The van der Waals surface area contributed by atoms with Gasteiger partial charge in [-0.3, -0.25) is 0 Å². The molecule has 0 radical (unpaired) electrons. The van der Waals surface area contributed by atoms with Gasteiger partial charge in [-0.25, -0.2) is 4.39 Å². The van der Waals surface area contributed by atoms with Crippen LogP contribution in [0.25, 0.3) is 0 Å². The number of nitrogens with two attached hydrogens (primary N) is 1. The molecule has 1 saturated heterocycles. The molecule has 16 heavy (non-hydrogen) atoms. The first-order valence-electron chi connectivity index (χ1n) is 5.65. The van der Waals surface area contributed by atoms with Gasteiger partial charge >= 0.3 is 0 Å². The van der Waals surface area contributed by atoms with Gasteiger partial charge in [-0.05, 0) is 18.1 Å². The fourth-order valence-corrected chi connectivity index (χ4v) is 2.68. The van der Waals surface area contributed by atoms with Gasteiger partial charge in [0.1, 0.15) is 5.82 Å². The van der Waals surface area contributed by atoms with Crippen molar-refractivity contribution in [2.75, 3.05) is 18.5 Å². The lowest BCUT2D eigenvalue weighted by Crippen LogP contribution is -2.47. The monoisotopic (exact) mass is 222 g/mol. The number of ether oxygens (including phenoxy) is 1. The molecule has 3 N–H and O–H groups in total. The van der Waals surface area contributed by atoms with E-state index < -0.39 is 0 Å². The van der Waals surface area contributed by atoms with Gasteiger partial charge in [0.2, 0.25) is 0 Å². The Kier molecular flexibility index (Phi) is 2.33. The number of rotatable bonds is 0. The molecule has 2 aliphatic heterocycles. The van der Waals surface area contributed by atoms with Crippen LogP contribution in [-0.4, -0.2) is 19.3 Å². The molecule has 0 aliphatic carbocycles. The van der Waals surface area contributed by atoms with E-state index in [1.807, 2.05) is 6.07 Å². The lowest BCUT2D eigenvalue weighted by molar-refractivity contribution is 0.0340. The fraction of sp³-hybridized carbons (Fsp3) is 0.500. The number of para-hydroxylation sites is 1. The second kappa shape index (κ2) is 3.71. The van der Waals surface area contributed by atoms with Gasteiger partial charge in [-0.15, -0.1) is 0 Å². The predicted octanol–water partition coefficient (Wildman–Crippen LogP) is 1.66. The first-order chi connectivity index (χ1) is 7.77. The molecule has 4 heteroatoms. The summed E-state index contributed by atoms with van der Waals surface area (Å²) < 4.78 is 19.1. The Hall–Kier alpha value is -1.13. The van der Waals surface area contributed by atoms with E-state index in [-0.39, 0.29) is 23.8 Å². The average molecular weight is 222 g/mol. The summed E-state index contributed by atoms with van der Waals surface area (Å²) in [5, 5.41) is 3.26. The quantitative estimate of drug-likeness (QED) is 0.701. The summed E-state index contributed by atoms with van der Waals surface area (Å²) in [4.78, 5) is 0. The van der Waals surface area contributed by atoms with Gasteiger partial charge < -0.3 is 15.8 Å². The van der Waals surface area contributed by atoms with Gasteiger partial charge in [0.05, 0.1) is 12.3 Å². The molecule has 1 fully saturated rings. The van der Waals surface area contributed by atoms with Crippen LogP contribution >= 0.6 is 0 Å². The van der Waals surface area contributed by atoms with Crippen molar-refractivity contribution in [3.05, 3.63) is 29.6 Å². The zero-order chi connectivity index (χ0) is 11.1. The molecule has 1 aromatic rings. The van der Waals surface area contributed by atoms with Crippen molar-refractivity contribution in [2.45, 2.75) is 18.5 Å². The number of benzene rings is 1. The van der Waals surface area contributed by atoms with Crippen LogP contribution in [0, 0.1) is 11.7 Å². The van der Waals surface area contributed by atoms with E-state index in [2.05, 4.69) is 5.32 Å². The Morgan fingerprint density at radius 1 is 1.44 bits per heavy atom. The van der Waals surface area contributed by atoms with Crippen molar-refractivity contribution >= 4 is 5.69 Å². The minimum atomic E-state index is -0.210. The predicted molar refractivity (Wildman–Crippen MR) is 59.7 cm³/mol. The topological polar surface area (TPSA) is 47.3 Å². The van der Waals surface area contributed by atoms with Gasteiger partial charge in [-0.1, -0.05) is 12.1 Å². The Balaban J connectivity index is 2.03. The van der Waals surface area contributed by atoms with E-state index in [1.165, 1.54) is 6.07 Å². The highest BCUT2D eigenvalue weighted by Gasteiger charge is 2.37. The molecule has 3 atom stereocenters. The summed E-state index contributed by atoms with van der Waals surface area (Å²) in [7, 11) is 0. The molecule has 2 heterocycles. The van der Waals surface area contributed by atoms with Crippen LogP contribution < -0.4 is 11.1 Å². The van der Waals surface area contributed by atoms with Gasteiger partial charge in [0.25, 0.3) is 0 Å². The Bertz CT molecular complexity index is 410. The Morgan fingerprint density at radius 3 is 3.19 bits per heavy atom. The molecule has 0 saturated carbocycles. The lowest BCUT2D eigenvalue weighted by Gasteiger charge is -2.41. The number of halogens is 1. The van der Waals surface area contributed by atoms with E-state index in [0.717, 1.165) is 18.6 Å². The number of hydrogen-bond donors (Lipinski definition) is 2. The maximum Gasteiger partial charge on any atom is 0.146 e. The molecular formula is C12H15FN2O. The van der Waals surface area contributed by atoms with Crippen LogP contribution in [0.4, 0.5) is 10.1 Å². The summed E-state index contributed by atoms with van der Waals surface area (Å²) >= 11 is 0. The van der Waals surface area contributed by atoms with Crippen molar-refractivity contribution in [3.8, 4) is 0 Å². The maximum absolute atomic E-state index is 13.7. The summed E-state index contributed by atoms with van der Waals surface area (Å²) in [5.74, 6) is 0.0425. The summed E-state index contributed by atoms with van der Waals surface area (Å²) in [5.41, 5.74) is 7.63. The summed E-state index contributed by atoms with van der Waals surface area (Å²) in [6.45, 7) is 1.39. The third-order valence-electron chi connectivity index (χ3n) is 3.60. The van der Waals surface area contributed by atoms with E-state index >= 15 is 0 Å². The van der Waals surface area contributed by atoms with Crippen LogP contribution in [0.1, 0.15) is 18.0 Å².